The number of anilines is 1. The van der Waals surface area contributed by atoms with Gasteiger partial charge in [0.25, 0.3) is 0 Å². The molecule has 2 N–H and O–H groups in total. The Hall–Kier alpha value is -3.93. The predicted octanol–water partition coefficient (Wildman–Crippen LogP) is 6.09. The van der Waals surface area contributed by atoms with Crippen molar-refractivity contribution in [2.75, 3.05) is 5.32 Å². The number of hydrogen-bond acceptors (Lipinski definition) is 4. The van der Waals surface area contributed by atoms with Crippen molar-refractivity contribution in [3.05, 3.63) is 99.0 Å². The van der Waals surface area contributed by atoms with E-state index in [1.807, 2.05) is 19.9 Å². The summed E-state index contributed by atoms with van der Waals surface area (Å²) in [7, 11) is 0. The molecule has 0 amide bonds. The van der Waals surface area contributed by atoms with E-state index in [4.69, 9.17) is 4.42 Å². The zero-order valence-corrected chi connectivity index (χ0v) is 17.9. The van der Waals surface area contributed by atoms with Crippen LogP contribution in [0.4, 0.5) is 10.1 Å². The van der Waals surface area contributed by atoms with Crippen molar-refractivity contribution in [2.45, 2.75) is 26.8 Å². The van der Waals surface area contributed by atoms with Gasteiger partial charge < -0.3 is 14.8 Å². The topological polar surface area (TPSA) is 79.5 Å². The molecular weight excluding hydrogens is 409 g/mol. The molecule has 0 aliphatic carbocycles. The maximum absolute atomic E-state index is 13.8. The van der Waals surface area contributed by atoms with Gasteiger partial charge in [-0.05, 0) is 56.7 Å². The SMILES string of the molecule is Cc1cc(C(C)Nc2ccccc2C(=O)O)c2oc(-c3cccc(F)c3)c(C)c(=O)c2c1. The van der Waals surface area contributed by atoms with E-state index in [0.717, 1.165) is 5.56 Å². The third-order valence-electron chi connectivity index (χ3n) is 5.47. The highest BCUT2D eigenvalue weighted by molar-refractivity contribution is 5.94. The highest BCUT2D eigenvalue weighted by atomic mass is 19.1. The summed E-state index contributed by atoms with van der Waals surface area (Å²) in [6, 6.07) is 15.8. The summed E-state index contributed by atoms with van der Waals surface area (Å²) in [4.78, 5) is 24.8. The number of rotatable bonds is 5. The van der Waals surface area contributed by atoms with Gasteiger partial charge in [0, 0.05) is 22.4 Å². The van der Waals surface area contributed by atoms with E-state index in [1.165, 1.54) is 18.2 Å². The average Bonchev–Trinajstić information content (AvgIpc) is 2.76. The second-order valence-electron chi connectivity index (χ2n) is 7.84. The summed E-state index contributed by atoms with van der Waals surface area (Å²) >= 11 is 0. The highest BCUT2D eigenvalue weighted by Gasteiger charge is 2.20. The van der Waals surface area contributed by atoms with Gasteiger partial charge in [-0.15, -0.1) is 0 Å². The number of fused-ring (bicyclic) bond motifs is 1. The first-order valence-corrected chi connectivity index (χ1v) is 10.2. The highest BCUT2D eigenvalue weighted by Crippen LogP contribution is 2.32. The number of carboxylic acids is 1. The van der Waals surface area contributed by atoms with Crippen LogP contribution in [-0.2, 0) is 0 Å². The van der Waals surface area contributed by atoms with Crippen molar-refractivity contribution in [3.63, 3.8) is 0 Å². The molecule has 5 nitrogen and oxygen atoms in total. The summed E-state index contributed by atoms with van der Waals surface area (Å²) in [5.74, 6) is -1.15. The van der Waals surface area contributed by atoms with E-state index >= 15 is 0 Å². The normalized spacial score (nSPS) is 12.0. The van der Waals surface area contributed by atoms with E-state index < -0.39 is 11.8 Å². The largest absolute Gasteiger partial charge is 0.478 e. The van der Waals surface area contributed by atoms with E-state index in [-0.39, 0.29) is 17.0 Å². The minimum Gasteiger partial charge on any atom is -0.478 e. The molecule has 0 aliphatic heterocycles. The number of carbonyl (C=O) groups is 1. The smallest absolute Gasteiger partial charge is 0.337 e. The summed E-state index contributed by atoms with van der Waals surface area (Å²) in [6.45, 7) is 5.42. The lowest BCUT2D eigenvalue weighted by Gasteiger charge is -2.20. The molecule has 3 aromatic carbocycles. The molecule has 0 saturated carbocycles. The Morgan fingerprint density at radius 3 is 2.53 bits per heavy atom. The van der Waals surface area contributed by atoms with Crippen molar-refractivity contribution in [3.8, 4) is 11.3 Å². The molecule has 0 saturated heterocycles. The lowest BCUT2D eigenvalue weighted by molar-refractivity contribution is 0.0698. The zero-order valence-electron chi connectivity index (χ0n) is 17.9. The summed E-state index contributed by atoms with van der Waals surface area (Å²) in [6.07, 6.45) is 0. The van der Waals surface area contributed by atoms with Gasteiger partial charge in [0.15, 0.2) is 5.43 Å². The minimum atomic E-state index is -1.04. The zero-order chi connectivity index (χ0) is 23.0. The van der Waals surface area contributed by atoms with Gasteiger partial charge in [0.1, 0.15) is 17.2 Å². The van der Waals surface area contributed by atoms with Crippen LogP contribution in [0.2, 0.25) is 0 Å². The maximum Gasteiger partial charge on any atom is 0.337 e. The first kappa shape index (κ1) is 21.3. The molecule has 0 bridgehead atoms. The van der Waals surface area contributed by atoms with Crippen LogP contribution in [0.1, 0.15) is 40.0 Å². The van der Waals surface area contributed by atoms with Gasteiger partial charge in [0.05, 0.1) is 17.0 Å². The minimum absolute atomic E-state index is 0.147. The van der Waals surface area contributed by atoms with Crippen LogP contribution in [0.25, 0.3) is 22.3 Å². The Morgan fingerprint density at radius 2 is 1.81 bits per heavy atom. The molecule has 6 heteroatoms. The van der Waals surface area contributed by atoms with Gasteiger partial charge in [-0.1, -0.05) is 30.3 Å². The molecule has 0 fully saturated rings. The molecule has 1 heterocycles. The monoisotopic (exact) mass is 431 g/mol. The quantitative estimate of drug-likeness (QED) is 0.400. The van der Waals surface area contributed by atoms with Crippen LogP contribution >= 0.6 is 0 Å². The molecule has 0 aliphatic rings. The van der Waals surface area contributed by atoms with Gasteiger partial charge in [-0.2, -0.15) is 0 Å². The van der Waals surface area contributed by atoms with Crippen molar-refractivity contribution in [1.29, 1.82) is 0 Å². The molecule has 0 radical (unpaired) electrons. The Labute approximate surface area is 184 Å². The number of nitrogens with one attached hydrogen (secondary N) is 1. The second-order valence-corrected chi connectivity index (χ2v) is 7.84. The molecule has 1 unspecified atom stereocenters. The Balaban J connectivity index is 1.90. The fraction of sp³-hybridized carbons (Fsp3) is 0.154. The van der Waals surface area contributed by atoms with E-state index in [9.17, 15) is 19.1 Å². The summed E-state index contributed by atoms with van der Waals surface area (Å²) < 4.78 is 20.0. The van der Waals surface area contributed by atoms with Crippen LogP contribution in [-0.4, -0.2) is 11.1 Å². The predicted molar refractivity (Wildman–Crippen MR) is 123 cm³/mol. The lowest BCUT2D eigenvalue weighted by atomic mass is 9.98. The fourth-order valence-electron chi connectivity index (χ4n) is 3.90. The third-order valence-corrected chi connectivity index (χ3v) is 5.47. The third kappa shape index (κ3) is 3.87. The molecule has 32 heavy (non-hydrogen) atoms. The van der Waals surface area contributed by atoms with Crippen LogP contribution in [0.3, 0.4) is 0 Å². The Morgan fingerprint density at radius 1 is 1.06 bits per heavy atom. The number of carboxylic acid groups (broad SMARTS) is 1. The molecule has 162 valence electrons. The van der Waals surface area contributed by atoms with Crippen molar-refractivity contribution >= 4 is 22.6 Å². The lowest BCUT2D eigenvalue weighted by Crippen LogP contribution is -2.14. The number of aromatic carboxylic acids is 1. The number of hydrogen-bond donors (Lipinski definition) is 2. The molecule has 1 aromatic heterocycles. The summed E-state index contributed by atoms with van der Waals surface area (Å²) in [5.41, 5.74) is 3.26. The van der Waals surface area contributed by atoms with Crippen molar-refractivity contribution in [2.24, 2.45) is 0 Å². The summed E-state index contributed by atoms with van der Waals surface area (Å²) in [5, 5.41) is 13.1. The van der Waals surface area contributed by atoms with Crippen molar-refractivity contribution in [1.82, 2.24) is 0 Å². The Bertz CT molecular complexity index is 1410. The van der Waals surface area contributed by atoms with Crippen LogP contribution in [0.15, 0.2) is 69.9 Å². The fourth-order valence-corrected chi connectivity index (χ4v) is 3.90. The molecule has 4 rings (SSSR count). The average molecular weight is 431 g/mol. The second kappa shape index (κ2) is 8.30. The number of aryl methyl sites for hydroxylation is 1. The first-order valence-electron chi connectivity index (χ1n) is 10.2. The van der Waals surface area contributed by atoms with Crippen LogP contribution in [0, 0.1) is 19.7 Å². The van der Waals surface area contributed by atoms with Gasteiger partial charge in [0.2, 0.25) is 0 Å². The van der Waals surface area contributed by atoms with Crippen LogP contribution < -0.4 is 10.7 Å². The number of benzene rings is 3. The number of para-hydroxylation sites is 1. The molecule has 4 aromatic rings. The van der Waals surface area contributed by atoms with E-state index in [2.05, 4.69) is 5.32 Å². The number of halogens is 1. The van der Waals surface area contributed by atoms with E-state index in [0.29, 0.717) is 39.1 Å². The van der Waals surface area contributed by atoms with Crippen molar-refractivity contribution < 1.29 is 18.7 Å². The standard InChI is InChI=1S/C26H22FNO4/c1-14-11-20(16(3)28-22-10-5-4-9-19(22)26(30)31)25-21(12-14)23(29)15(2)24(32-25)17-7-6-8-18(27)13-17/h4-13,16,28H,1-3H3,(H,30,31). The van der Waals surface area contributed by atoms with Gasteiger partial charge in [-0.3, -0.25) is 4.79 Å². The van der Waals surface area contributed by atoms with E-state index in [1.54, 1.807) is 43.3 Å². The maximum atomic E-state index is 13.8. The first-order chi connectivity index (χ1) is 15.3. The Kier molecular flexibility index (Phi) is 5.53. The van der Waals surface area contributed by atoms with Gasteiger partial charge >= 0.3 is 5.97 Å². The molecule has 1 atom stereocenters. The van der Waals surface area contributed by atoms with Gasteiger partial charge in [-0.25, -0.2) is 9.18 Å². The van der Waals surface area contributed by atoms with Crippen LogP contribution in [0.5, 0.6) is 0 Å². The molecule has 0 spiro atoms. The molecular formula is C26H22FNO4.